The molecule has 0 saturated carbocycles. The Morgan fingerprint density at radius 3 is 1.50 bits per heavy atom. The van der Waals surface area contributed by atoms with Gasteiger partial charge in [0.05, 0.1) is 0 Å². The van der Waals surface area contributed by atoms with Crippen molar-refractivity contribution in [2.75, 3.05) is 0 Å². The number of hydrogen-bond acceptors (Lipinski definition) is 0. The summed E-state index contributed by atoms with van der Waals surface area (Å²) in [4.78, 5) is 0. The highest BCUT2D eigenvalue weighted by molar-refractivity contribution is 7.94. The largest absolute Gasteiger partial charge is 0.0845 e. The Morgan fingerprint density at radius 2 is 1.07 bits per heavy atom. The first-order valence-corrected chi connectivity index (χ1v) is 12.3. The molecule has 0 heterocycles. The monoisotopic (exact) mass is 386 g/mol. The van der Waals surface area contributed by atoms with Crippen LogP contribution in [0.3, 0.4) is 0 Å². The minimum atomic E-state index is -1.83. The van der Waals surface area contributed by atoms with E-state index < -0.39 is 6.89 Å². The molecule has 3 aromatic rings. The predicted octanol–water partition coefficient (Wildman–Crippen LogP) is 6.31. The van der Waals surface area contributed by atoms with E-state index >= 15 is 0 Å². The normalized spacial score (nSPS) is 11.6. The summed E-state index contributed by atoms with van der Waals surface area (Å²) < 4.78 is 0. The van der Waals surface area contributed by atoms with Gasteiger partial charge in [0, 0.05) is 0 Å². The lowest BCUT2D eigenvalue weighted by molar-refractivity contribution is 0.674. The molecule has 0 unspecified atom stereocenters. The number of rotatable bonds is 9. The van der Waals surface area contributed by atoms with Crippen molar-refractivity contribution in [2.45, 2.75) is 39.0 Å². The van der Waals surface area contributed by atoms with Gasteiger partial charge in [-0.2, -0.15) is 0 Å². The third-order valence-electron chi connectivity index (χ3n) is 5.16. The molecule has 28 heavy (non-hydrogen) atoms. The Hall–Kier alpha value is -2.30. The van der Waals surface area contributed by atoms with E-state index in [1.807, 2.05) is 0 Å². The molecule has 0 spiro atoms. The molecule has 0 fully saturated rings. The highest BCUT2D eigenvalue weighted by Crippen LogP contribution is 2.43. The summed E-state index contributed by atoms with van der Waals surface area (Å²) in [6.07, 6.45) is 11.1. The summed E-state index contributed by atoms with van der Waals surface area (Å²) in [5, 5.41) is 4.22. The quantitative estimate of drug-likeness (QED) is 0.299. The van der Waals surface area contributed by atoms with Crippen LogP contribution < -0.4 is 15.9 Å². The van der Waals surface area contributed by atoms with E-state index in [2.05, 4.69) is 116 Å². The fourth-order valence-corrected chi connectivity index (χ4v) is 7.39. The summed E-state index contributed by atoms with van der Waals surface area (Å²) in [6.45, 7) is 0.439. The molecule has 0 radical (unpaired) electrons. The minimum Gasteiger partial charge on any atom is -0.0845 e. The zero-order valence-electron chi connectivity index (χ0n) is 16.9. The lowest BCUT2D eigenvalue weighted by Gasteiger charge is -2.28. The number of allylic oxidation sites excluding steroid dienone is 2. The summed E-state index contributed by atoms with van der Waals surface area (Å²) >= 11 is 0. The van der Waals surface area contributed by atoms with Gasteiger partial charge < -0.3 is 0 Å². The zero-order valence-corrected chi connectivity index (χ0v) is 17.8. The summed E-state index contributed by atoms with van der Waals surface area (Å²) in [6, 6.07) is 33.1. The van der Waals surface area contributed by atoms with Crippen molar-refractivity contribution >= 4 is 28.6 Å². The van der Waals surface area contributed by atoms with Gasteiger partial charge in [-0.15, -0.1) is 0 Å². The van der Waals surface area contributed by atoms with Gasteiger partial charge in [-0.3, -0.25) is 0 Å². The molecule has 1 heteroatoms. The smallest absolute Gasteiger partial charge is 0.0160 e. The van der Waals surface area contributed by atoms with E-state index in [1.165, 1.54) is 41.6 Å². The van der Waals surface area contributed by atoms with E-state index in [-0.39, 0.29) is 0 Å². The van der Waals surface area contributed by atoms with Crippen LogP contribution in [0, 0.1) is 0 Å². The molecular weight excluding hydrogens is 355 g/mol. The van der Waals surface area contributed by atoms with E-state index in [0.717, 1.165) is 6.42 Å². The van der Waals surface area contributed by atoms with Crippen molar-refractivity contribution in [1.29, 1.82) is 0 Å². The topological polar surface area (TPSA) is 0 Å². The van der Waals surface area contributed by atoms with Gasteiger partial charge in [0.15, 0.2) is 0 Å². The van der Waals surface area contributed by atoms with Crippen LogP contribution in [-0.2, 0) is 0 Å². The molecule has 3 rings (SSSR count). The summed E-state index contributed by atoms with van der Waals surface area (Å²) in [5.41, 5.74) is 0. The van der Waals surface area contributed by atoms with Crippen LogP contribution in [-0.4, -0.2) is 5.80 Å². The molecule has 0 bridgehead atoms. The predicted molar refractivity (Wildman–Crippen MR) is 129 cm³/mol. The number of hydrogen-bond donors (Lipinski definition) is 0. The van der Waals surface area contributed by atoms with Crippen LogP contribution in [0.25, 0.3) is 0 Å². The van der Waals surface area contributed by atoms with Crippen molar-refractivity contribution < 1.29 is 0 Å². The molecule has 0 atom stereocenters. The van der Waals surface area contributed by atoms with E-state index in [1.54, 1.807) is 0 Å². The molecule has 144 valence electrons. The van der Waals surface area contributed by atoms with Crippen LogP contribution >= 0.6 is 6.89 Å². The maximum absolute atomic E-state index is 2.49. The van der Waals surface area contributed by atoms with Crippen LogP contribution in [0.4, 0.5) is 0 Å². The molecule has 0 N–H and O–H groups in total. The third-order valence-corrected chi connectivity index (χ3v) is 9.12. The SMILES string of the molecule is CCCCCC/C=C\C=P(c1ccccc1)(c1ccccc1)c1ccccc1. The van der Waals surface area contributed by atoms with Crippen LogP contribution in [0.5, 0.6) is 0 Å². The highest BCUT2D eigenvalue weighted by atomic mass is 31.2. The first-order chi connectivity index (χ1) is 13.9. The summed E-state index contributed by atoms with van der Waals surface area (Å²) in [7, 11) is 0. The average Bonchev–Trinajstić information content (AvgIpc) is 2.78. The molecular formula is C27H31P. The molecule has 0 aliphatic rings. The molecule has 0 saturated heterocycles. The van der Waals surface area contributed by atoms with E-state index in [9.17, 15) is 0 Å². The zero-order chi connectivity index (χ0) is 19.5. The minimum absolute atomic E-state index is 1.16. The van der Waals surface area contributed by atoms with Crippen LogP contribution in [0.2, 0.25) is 0 Å². The van der Waals surface area contributed by atoms with Crippen LogP contribution in [0.1, 0.15) is 39.0 Å². The van der Waals surface area contributed by atoms with Gasteiger partial charge in [-0.1, -0.05) is 135 Å². The Labute approximate surface area is 170 Å². The maximum atomic E-state index is 2.49. The molecule has 0 amide bonds. The number of unbranched alkanes of at least 4 members (excludes halogenated alkanes) is 4. The Bertz CT molecular complexity index is 789. The van der Waals surface area contributed by atoms with Gasteiger partial charge in [0.2, 0.25) is 0 Å². The fourth-order valence-electron chi connectivity index (χ4n) is 3.67. The Balaban J connectivity index is 2.09. The number of benzene rings is 3. The Kier molecular flexibility index (Phi) is 7.94. The first-order valence-electron chi connectivity index (χ1n) is 10.4. The molecule has 0 nitrogen and oxygen atoms in total. The van der Waals surface area contributed by atoms with Crippen molar-refractivity contribution in [1.82, 2.24) is 0 Å². The van der Waals surface area contributed by atoms with Crippen LogP contribution in [0.15, 0.2) is 103 Å². The molecule has 0 aliphatic carbocycles. The Morgan fingerprint density at radius 1 is 0.607 bits per heavy atom. The standard InChI is InChI=1S/C27H31P/c1-2-3-4-5-6-7-17-24-28(25-18-11-8-12-19-25,26-20-13-9-14-21-26)27-22-15-10-16-23-27/h7-24H,2-6H2,1H3/b17-7-. The first kappa shape index (κ1) is 20.4. The van der Waals surface area contributed by atoms with Gasteiger partial charge in [-0.05, 0) is 35.6 Å². The van der Waals surface area contributed by atoms with Crippen molar-refractivity contribution in [3.05, 3.63) is 103 Å². The van der Waals surface area contributed by atoms with Gasteiger partial charge >= 0.3 is 0 Å². The average molecular weight is 387 g/mol. The van der Waals surface area contributed by atoms with Gasteiger partial charge in [0.1, 0.15) is 0 Å². The highest BCUT2D eigenvalue weighted by Gasteiger charge is 2.23. The lowest BCUT2D eigenvalue weighted by atomic mass is 10.1. The molecule has 0 aliphatic heterocycles. The van der Waals surface area contributed by atoms with Gasteiger partial charge in [0.25, 0.3) is 0 Å². The third kappa shape index (κ3) is 4.94. The maximum Gasteiger partial charge on any atom is -0.0160 e. The summed E-state index contributed by atoms with van der Waals surface area (Å²) in [5.74, 6) is 2.49. The fraction of sp³-hybridized carbons (Fsp3) is 0.222. The molecule has 0 aromatic heterocycles. The second-order valence-electron chi connectivity index (χ2n) is 7.16. The van der Waals surface area contributed by atoms with Gasteiger partial charge in [-0.25, -0.2) is 0 Å². The second kappa shape index (κ2) is 10.9. The lowest BCUT2D eigenvalue weighted by Crippen LogP contribution is -2.26. The second-order valence-corrected chi connectivity index (χ2v) is 10.4. The van der Waals surface area contributed by atoms with Crippen molar-refractivity contribution in [2.24, 2.45) is 0 Å². The van der Waals surface area contributed by atoms with E-state index in [4.69, 9.17) is 0 Å². The van der Waals surface area contributed by atoms with Crippen molar-refractivity contribution in [3.63, 3.8) is 0 Å². The van der Waals surface area contributed by atoms with Crippen molar-refractivity contribution in [3.8, 4) is 0 Å². The molecule has 3 aromatic carbocycles. The van der Waals surface area contributed by atoms with E-state index in [0.29, 0.717) is 0 Å².